The molecule has 0 aliphatic heterocycles. The topological polar surface area (TPSA) is 68.4 Å². The van der Waals surface area contributed by atoms with Gasteiger partial charge >= 0.3 is 6.03 Å². The van der Waals surface area contributed by atoms with Crippen molar-refractivity contribution in [2.75, 3.05) is 25.5 Å². The molecule has 0 spiro atoms. The molecule has 2 aromatic rings. The van der Waals surface area contributed by atoms with Gasteiger partial charge in [0.1, 0.15) is 0 Å². The molecule has 3 N–H and O–H groups in total. The minimum Gasteiger partial charge on any atom is -0.395 e. The van der Waals surface area contributed by atoms with E-state index < -0.39 is 0 Å². The number of aliphatic hydroxyl groups is 1. The summed E-state index contributed by atoms with van der Waals surface area (Å²) in [4.78, 5) is 16.2. The lowest BCUT2D eigenvalue weighted by atomic mass is 10.2. The van der Waals surface area contributed by atoms with E-state index in [1.165, 1.54) is 4.90 Å². The van der Waals surface area contributed by atoms with Crippen LogP contribution in [0.2, 0.25) is 0 Å². The van der Waals surface area contributed by atoms with Crippen LogP contribution < -0.4 is 5.32 Å². The Morgan fingerprint density at radius 3 is 3.00 bits per heavy atom. The van der Waals surface area contributed by atoms with Crippen LogP contribution in [0.15, 0.2) is 30.5 Å². The first-order chi connectivity index (χ1) is 8.22. The van der Waals surface area contributed by atoms with E-state index >= 15 is 0 Å². The Hall–Kier alpha value is -2.01. The molecule has 0 atom stereocenters. The lowest BCUT2D eigenvalue weighted by molar-refractivity contribution is 0.202. The second kappa shape index (κ2) is 4.88. The number of rotatable bonds is 3. The fraction of sp³-hybridized carbons (Fsp3) is 0.250. The van der Waals surface area contributed by atoms with Gasteiger partial charge in [0.25, 0.3) is 0 Å². The number of carbonyl (C=O) groups excluding carboxylic acids is 1. The van der Waals surface area contributed by atoms with Crippen LogP contribution in [-0.4, -0.2) is 41.2 Å². The number of aromatic amines is 1. The van der Waals surface area contributed by atoms with Gasteiger partial charge in [0.05, 0.1) is 12.3 Å². The number of hydrogen-bond donors (Lipinski definition) is 3. The van der Waals surface area contributed by atoms with Crippen LogP contribution in [0.3, 0.4) is 0 Å². The fourth-order valence-electron chi connectivity index (χ4n) is 1.64. The Morgan fingerprint density at radius 2 is 2.24 bits per heavy atom. The lowest BCUT2D eigenvalue weighted by Gasteiger charge is -2.15. The normalized spacial score (nSPS) is 10.5. The first-order valence-electron chi connectivity index (χ1n) is 5.41. The van der Waals surface area contributed by atoms with E-state index in [2.05, 4.69) is 10.3 Å². The summed E-state index contributed by atoms with van der Waals surface area (Å²) < 4.78 is 0. The number of benzene rings is 1. The molecule has 0 saturated heterocycles. The summed E-state index contributed by atoms with van der Waals surface area (Å²) in [6.07, 6.45) is 1.76. The van der Waals surface area contributed by atoms with Crippen LogP contribution in [0.4, 0.5) is 10.5 Å². The predicted molar refractivity (Wildman–Crippen MR) is 67.0 cm³/mol. The molecule has 1 heterocycles. The third kappa shape index (κ3) is 2.39. The van der Waals surface area contributed by atoms with Gasteiger partial charge in [-0.25, -0.2) is 4.79 Å². The van der Waals surface area contributed by atoms with Gasteiger partial charge in [0.2, 0.25) is 0 Å². The summed E-state index contributed by atoms with van der Waals surface area (Å²) in [5, 5.41) is 12.5. The molecule has 2 rings (SSSR count). The number of aliphatic hydroxyl groups excluding tert-OH is 1. The number of anilines is 1. The molecule has 5 heteroatoms. The van der Waals surface area contributed by atoms with Gasteiger partial charge in [0, 0.05) is 30.7 Å². The highest BCUT2D eigenvalue weighted by Crippen LogP contribution is 2.22. The average Bonchev–Trinajstić information content (AvgIpc) is 2.73. The molecule has 0 bridgehead atoms. The first-order valence-corrected chi connectivity index (χ1v) is 5.41. The van der Waals surface area contributed by atoms with Crippen molar-refractivity contribution in [2.45, 2.75) is 0 Å². The Bertz CT molecular complexity index is 521. The number of nitrogens with zero attached hydrogens (tertiary/aromatic N) is 1. The number of aromatic nitrogens is 1. The smallest absolute Gasteiger partial charge is 0.321 e. The van der Waals surface area contributed by atoms with E-state index in [0.717, 1.165) is 16.6 Å². The zero-order valence-corrected chi connectivity index (χ0v) is 9.60. The molecule has 0 saturated carbocycles. The summed E-state index contributed by atoms with van der Waals surface area (Å²) in [5.41, 5.74) is 1.73. The van der Waals surface area contributed by atoms with Gasteiger partial charge in [-0.05, 0) is 6.07 Å². The Balaban J connectivity index is 2.16. The van der Waals surface area contributed by atoms with Gasteiger partial charge in [0.15, 0.2) is 0 Å². The molecule has 90 valence electrons. The van der Waals surface area contributed by atoms with Crippen molar-refractivity contribution >= 4 is 22.6 Å². The second-order valence-electron chi connectivity index (χ2n) is 3.82. The summed E-state index contributed by atoms with van der Waals surface area (Å²) in [7, 11) is 1.64. The van der Waals surface area contributed by atoms with E-state index in [1.54, 1.807) is 13.2 Å². The molecule has 2 amide bonds. The molecule has 17 heavy (non-hydrogen) atoms. The molecule has 1 aromatic heterocycles. The van der Waals surface area contributed by atoms with Crippen molar-refractivity contribution in [3.63, 3.8) is 0 Å². The highest BCUT2D eigenvalue weighted by Gasteiger charge is 2.10. The molecule has 0 radical (unpaired) electrons. The minimum absolute atomic E-state index is 0.0438. The summed E-state index contributed by atoms with van der Waals surface area (Å²) in [6.45, 7) is 0.270. The number of fused-ring (bicyclic) bond motifs is 1. The van der Waals surface area contributed by atoms with Crippen molar-refractivity contribution in [2.24, 2.45) is 0 Å². The average molecular weight is 233 g/mol. The number of H-pyrrole nitrogens is 1. The van der Waals surface area contributed by atoms with Crippen LogP contribution in [0.5, 0.6) is 0 Å². The summed E-state index contributed by atoms with van der Waals surface area (Å²) in [6, 6.07) is 7.51. The van der Waals surface area contributed by atoms with Crippen LogP contribution in [0.1, 0.15) is 0 Å². The number of hydrogen-bond acceptors (Lipinski definition) is 2. The lowest BCUT2D eigenvalue weighted by Crippen LogP contribution is -2.33. The highest BCUT2D eigenvalue weighted by atomic mass is 16.3. The largest absolute Gasteiger partial charge is 0.395 e. The highest BCUT2D eigenvalue weighted by molar-refractivity contribution is 6.00. The maximum atomic E-state index is 11.7. The fourth-order valence-corrected chi connectivity index (χ4v) is 1.64. The molecule has 1 aromatic carbocycles. The SMILES string of the molecule is CN(CCO)C(=O)Nc1c[nH]c2ccccc12. The maximum Gasteiger partial charge on any atom is 0.321 e. The van der Waals surface area contributed by atoms with Crippen molar-refractivity contribution in [3.8, 4) is 0 Å². The van der Waals surface area contributed by atoms with Crippen LogP contribution >= 0.6 is 0 Å². The van der Waals surface area contributed by atoms with E-state index in [4.69, 9.17) is 5.11 Å². The summed E-state index contributed by atoms with van der Waals surface area (Å²) in [5.74, 6) is 0. The minimum atomic E-state index is -0.233. The quantitative estimate of drug-likeness (QED) is 0.754. The van der Waals surface area contributed by atoms with Crippen LogP contribution in [0.25, 0.3) is 10.9 Å². The van der Waals surface area contributed by atoms with Gasteiger partial charge < -0.3 is 20.3 Å². The molecular weight excluding hydrogens is 218 g/mol. The van der Waals surface area contributed by atoms with E-state index in [1.807, 2.05) is 24.3 Å². The number of amides is 2. The van der Waals surface area contributed by atoms with Crippen molar-refractivity contribution in [1.29, 1.82) is 0 Å². The maximum absolute atomic E-state index is 11.7. The van der Waals surface area contributed by atoms with Crippen molar-refractivity contribution in [3.05, 3.63) is 30.5 Å². The number of carbonyl (C=O) groups is 1. The van der Waals surface area contributed by atoms with Gasteiger partial charge in [-0.3, -0.25) is 0 Å². The molecular formula is C12H15N3O2. The second-order valence-corrected chi connectivity index (χ2v) is 3.82. The van der Waals surface area contributed by atoms with E-state index in [9.17, 15) is 4.79 Å². The van der Waals surface area contributed by atoms with Gasteiger partial charge in [-0.15, -0.1) is 0 Å². The Kier molecular flexibility index (Phi) is 3.30. The predicted octanol–water partition coefficient (Wildman–Crippen LogP) is 1.62. The number of urea groups is 1. The first kappa shape index (κ1) is 11.5. The van der Waals surface area contributed by atoms with Crippen molar-refractivity contribution < 1.29 is 9.90 Å². The number of para-hydroxylation sites is 1. The molecule has 0 aliphatic rings. The van der Waals surface area contributed by atoms with Crippen LogP contribution in [-0.2, 0) is 0 Å². The zero-order valence-electron chi connectivity index (χ0n) is 9.60. The third-order valence-corrected chi connectivity index (χ3v) is 2.61. The third-order valence-electron chi connectivity index (χ3n) is 2.61. The number of nitrogens with one attached hydrogen (secondary N) is 2. The molecule has 0 aliphatic carbocycles. The standard InChI is InChI=1S/C12H15N3O2/c1-15(6-7-16)12(17)14-11-8-13-10-5-3-2-4-9(10)11/h2-5,8,13,16H,6-7H2,1H3,(H,14,17). The molecule has 0 fully saturated rings. The Morgan fingerprint density at radius 1 is 1.47 bits per heavy atom. The van der Waals surface area contributed by atoms with Crippen molar-refractivity contribution in [1.82, 2.24) is 9.88 Å². The van der Waals surface area contributed by atoms with Gasteiger partial charge in [-0.1, -0.05) is 18.2 Å². The Labute approximate surface area is 99.0 Å². The molecule has 0 unspecified atom stereocenters. The van der Waals surface area contributed by atoms with E-state index in [-0.39, 0.29) is 12.6 Å². The monoisotopic (exact) mass is 233 g/mol. The molecule has 5 nitrogen and oxygen atoms in total. The van der Waals surface area contributed by atoms with E-state index in [0.29, 0.717) is 6.54 Å². The van der Waals surface area contributed by atoms with Gasteiger partial charge in [-0.2, -0.15) is 0 Å². The number of likely N-dealkylation sites (N-methyl/N-ethyl adjacent to an activating group) is 1. The zero-order chi connectivity index (χ0) is 12.3. The summed E-state index contributed by atoms with van der Waals surface area (Å²) >= 11 is 0. The van der Waals surface area contributed by atoms with Crippen LogP contribution in [0, 0.1) is 0 Å².